The number of amides is 2. The standard InChI is InChI=1S/C15H21FN2O3/c1-9(2)13(14(19)20)8-17-15(21)18-10(3)11-5-4-6-12(16)7-11/h4-7,9-10,13H,8H2,1-3H3,(H,19,20)(H2,17,18,21). The SMILES string of the molecule is CC(NC(=O)NCC(C(=O)O)C(C)C)c1cccc(F)c1. The number of carboxylic acids is 1. The lowest BCUT2D eigenvalue weighted by molar-refractivity contribution is -0.142. The third-order valence-corrected chi connectivity index (χ3v) is 3.30. The van der Waals surface area contributed by atoms with Crippen molar-refractivity contribution in [2.75, 3.05) is 6.54 Å². The molecule has 2 unspecified atom stereocenters. The van der Waals surface area contributed by atoms with Gasteiger partial charge in [-0.3, -0.25) is 4.79 Å². The third-order valence-electron chi connectivity index (χ3n) is 3.30. The lowest BCUT2D eigenvalue weighted by Crippen LogP contribution is -2.42. The number of carboxylic acid groups (broad SMARTS) is 1. The number of carbonyl (C=O) groups is 2. The van der Waals surface area contributed by atoms with Crippen LogP contribution in [0, 0.1) is 17.7 Å². The van der Waals surface area contributed by atoms with Crippen molar-refractivity contribution in [2.24, 2.45) is 11.8 Å². The number of hydrogen-bond acceptors (Lipinski definition) is 2. The van der Waals surface area contributed by atoms with Gasteiger partial charge in [0.1, 0.15) is 5.82 Å². The molecule has 2 atom stereocenters. The predicted octanol–water partition coefficient (Wildman–Crippen LogP) is 2.54. The lowest BCUT2D eigenvalue weighted by atomic mass is 9.96. The van der Waals surface area contributed by atoms with E-state index in [1.165, 1.54) is 12.1 Å². The van der Waals surface area contributed by atoms with Crippen LogP contribution in [-0.4, -0.2) is 23.7 Å². The lowest BCUT2D eigenvalue weighted by Gasteiger charge is -2.19. The minimum Gasteiger partial charge on any atom is -0.481 e. The van der Waals surface area contributed by atoms with Gasteiger partial charge in [0, 0.05) is 6.54 Å². The predicted molar refractivity (Wildman–Crippen MR) is 77.3 cm³/mol. The van der Waals surface area contributed by atoms with Gasteiger partial charge in [-0.05, 0) is 30.5 Å². The Labute approximate surface area is 123 Å². The van der Waals surface area contributed by atoms with Gasteiger partial charge in [-0.1, -0.05) is 26.0 Å². The zero-order valence-corrected chi connectivity index (χ0v) is 12.4. The Morgan fingerprint density at radius 2 is 1.95 bits per heavy atom. The Bertz CT molecular complexity index is 505. The summed E-state index contributed by atoms with van der Waals surface area (Å²) in [5.74, 6) is -2.03. The maximum Gasteiger partial charge on any atom is 0.315 e. The molecule has 0 heterocycles. The molecule has 1 rings (SSSR count). The molecule has 0 saturated heterocycles. The van der Waals surface area contributed by atoms with Crippen LogP contribution in [0.5, 0.6) is 0 Å². The van der Waals surface area contributed by atoms with E-state index >= 15 is 0 Å². The summed E-state index contributed by atoms with van der Waals surface area (Å²) in [6.45, 7) is 5.35. The van der Waals surface area contributed by atoms with Gasteiger partial charge in [-0.25, -0.2) is 9.18 Å². The molecule has 0 aliphatic carbocycles. The van der Waals surface area contributed by atoms with Crippen molar-refractivity contribution in [1.82, 2.24) is 10.6 Å². The topological polar surface area (TPSA) is 78.4 Å². The number of benzene rings is 1. The van der Waals surface area contributed by atoms with Gasteiger partial charge in [-0.15, -0.1) is 0 Å². The molecule has 0 spiro atoms. The van der Waals surface area contributed by atoms with E-state index in [0.29, 0.717) is 5.56 Å². The molecular weight excluding hydrogens is 275 g/mol. The Morgan fingerprint density at radius 3 is 2.48 bits per heavy atom. The summed E-state index contributed by atoms with van der Waals surface area (Å²) in [6.07, 6.45) is 0. The van der Waals surface area contributed by atoms with Gasteiger partial charge in [0.05, 0.1) is 12.0 Å². The van der Waals surface area contributed by atoms with E-state index in [1.807, 2.05) is 0 Å². The molecule has 3 N–H and O–H groups in total. The van der Waals surface area contributed by atoms with Gasteiger partial charge in [0.2, 0.25) is 0 Å². The van der Waals surface area contributed by atoms with E-state index in [4.69, 9.17) is 5.11 Å². The Hall–Kier alpha value is -2.11. The van der Waals surface area contributed by atoms with Gasteiger partial charge in [-0.2, -0.15) is 0 Å². The van der Waals surface area contributed by atoms with Crippen molar-refractivity contribution in [3.05, 3.63) is 35.6 Å². The summed E-state index contributed by atoms with van der Waals surface area (Å²) in [5, 5.41) is 14.2. The summed E-state index contributed by atoms with van der Waals surface area (Å²) in [6, 6.07) is 5.11. The number of urea groups is 1. The highest BCUT2D eigenvalue weighted by molar-refractivity contribution is 5.76. The molecule has 0 saturated carbocycles. The van der Waals surface area contributed by atoms with Crippen molar-refractivity contribution >= 4 is 12.0 Å². The van der Waals surface area contributed by atoms with Crippen molar-refractivity contribution < 1.29 is 19.1 Å². The fourth-order valence-corrected chi connectivity index (χ4v) is 1.92. The second-order valence-electron chi connectivity index (χ2n) is 5.32. The molecule has 116 valence electrons. The van der Waals surface area contributed by atoms with Crippen LogP contribution in [0.4, 0.5) is 9.18 Å². The van der Waals surface area contributed by atoms with Crippen LogP contribution in [0.15, 0.2) is 24.3 Å². The molecule has 1 aromatic rings. The summed E-state index contributed by atoms with van der Waals surface area (Å²) >= 11 is 0. The van der Waals surface area contributed by atoms with Gasteiger partial charge < -0.3 is 15.7 Å². The van der Waals surface area contributed by atoms with Crippen LogP contribution < -0.4 is 10.6 Å². The molecule has 1 aromatic carbocycles. The minimum absolute atomic E-state index is 0.0503. The molecule has 21 heavy (non-hydrogen) atoms. The molecule has 5 nitrogen and oxygen atoms in total. The van der Waals surface area contributed by atoms with Crippen LogP contribution in [-0.2, 0) is 4.79 Å². The second kappa shape index (κ2) is 7.61. The normalized spacial score (nSPS) is 13.6. The Morgan fingerprint density at radius 1 is 1.29 bits per heavy atom. The fourth-order valence-electron chi connectivity index (χ4n) is 1.92. The minimum atomic E-state index is -0.941. The van der Waals surface area contributed by atoms with E-state index in [9.17, 15) is 14.0 Å². The van der Waals surface area contributed by atoms with E-state index in [2.05, 4.69) is 10.6 Å². The van der Waals surface area contributed by atoms with E-state index < -0.39 is 17.9 Å². The smallest absolute Gasteiger partial charge is 0.315 e. The zero-order chi connectivity index (χ0) is 16.0. The van der Waals surface area contributed by atoms with Crippen LogP contribution >= 0.6 is 0 Å². The first-order valence-corrected chi connectivity index (χ1v) is 6.84. The van der Waals surface area contributed by atoms with E-state index in [0.717, 1.165) is 0 Å². The van der Waals surface area contributed by atoms with Crippen molar-refractivity contribution in [3.8, 4) is 0 Å². The first-order valence-electron chi connectivity index (χ1n) is 6.84. The van der Waals surface area contributed by atoms with E-state index in [-0.39, 0.29) is 24.3 Å². The Balaban J connectivity index is 2.52. The highest BCUT2D eigenvalue weighted by Gasteiger charge is 2.22. The summed E-state index contributed by atoms with van der Waals surface area (Å²) in [5.41, 5.74) is 0.642. The van der Waals surface area contributed by atoms with Gasteiger partial charge in [0.15, 0.2) is 0 Å². The molecule has 0 aliphatic rings. The first kappa shape index (κ1) is 16.9. The number of aliphatic carboxylic acids is 1. The molecule has 2 amide bonds. The molecule has 0 aliphatic heterocycles. The zero-order valence-electron chi connectivity index (χ0n) is 12.4. The first-order chi connectivity index (χ1) is 9.81. The molecule has 0 aromatic heterocycles. The highest BCUT2D eigenvalue weighted by atomic mass is 19.1. The number of hydrogen-bond donors (Lipinski definition) is 3. The van der Waals surface area contributed by atoms with Crippen LogP contribution in [0.2, 0.25) is 0 Å². The molecule has 6 heteroatoms. The summed E-state index contributed by atoms with van der Waals surface area (Å²) < 4.78 is 13.1. The molecule has 0 radical (unpaired) electrons. The van der Waals surface area contributed by atoms with Crippen LogP contribution in [0.1, 0.15) is 32.4 Å². The maximum absolute atomic E-state index is 13.1. The highest BCUT2D eigenvalue weighted by Crippen LogP contribution is 2.13. The van der Waals surface area contributed by atoms with Crippen molar-refractivity contribution in [3.63, 3.8) is 0 Å². The second-order valence-corrected chi connectivity index (χ2v) is 5.32. The monoisotopic (exact) mass is 296 g/mol. The largest absolute Gasteiger partial charge is 0.481 e. The third kappa shape index (κ3) is 5.41. The fraction of sp³-hybridized carbons (Fsp3) is 0.467. The quantitative estimate of drug-likeness (QED) is 0.755. The number of halogens is 1. The van der Waals surface area contributed by atoms with Gasteiger partial charge >= 0.3 is 12.0 Å². The van der Waals surface area contributed by atoms with Crippen molar-refractivity contribution in [2.45, 2.75) is 26.8 Å². The van der Waals surface area contributed by atoms with E-state index in [1.54, 1.807) is 32.9 Å². The Kier molecular flexibility index (Phi) is 6.14. The maximum atomic E-state index is 13.1. The summed E-state index contributed by atoms with van der Waals surface area (Å²) in [7, 11) is 0. The molecule has 0 bridgehead atoms. The van der Waals surface area contributed by atoms with Gasteiger partial charge in [0.25, 0.3) is 0 Å². The average Bonchev–Trinajstić information content (AvgIpc) is 2.37. The van der Waals surface area contributed by atoms with Crippen molar-refractivity contribution in [1.29, 1.82) is 0 Å². The number of nitrogens with one attached hydrogen (secondary N) is 2. The average molecular weight is 296 g/mol. The number of rotatable bonds is 6. The number of carbonyl (C=O) groups excluding carboxylic acids is 1. The molecule has 0 fully saturated rings. The summed E-state index contributed by atoms with van der Waals surface area (Å²) in [4.78, 5) is 22.8. The van der Waals surface area contributed by atoms with Crippen LogP contribution in [0.3, 0.4) is 0 Å². The molecular formula is C15H21FN2O3. The van der Waals surface area contributed by atoms with Crippen LogP contribution in [0.25, 0.3) is 0 Å².